The van der Waals surface area contributed by atoms with Gasteiger partial charge in [0.05, 0.1) is 27.8 Å². The van der Waals surface area contributed by atoms with E-state index in [0.717, 1.165) is 11.4 Å². The summed E-state index contributed by atoms with van der Waals surface area (Å²) in [5.41, 5.74) is 11.8. The fourth-order valence-corrected chi connectivity index (χ4v) is 15.1. The number of para-hydroxylation sites is 2. The molecule has 0 saturated carbocycles. The Morgan fingerprint density at radius 1 is 0.254 bits per heavy atom. The molecule has 296 valence electrons. The maximum atomic E-state index is 2.53. The minimum Gasteiger partial charge on any atom is -0.307 e. The largest absolute Gasteiger partial charge is 0.307 e. The average Bonchev–Trinajstić information content (AvgIpc) is 3.88. The fourth-order valence-electron chi connectivity index (χ4n) is 10.3. The molecule has 0 aliphatic heterocycles. The Morgan fingerprint density at radius 3 is 1.38 bits per heavy atom. The zero-order valence-electron chi connectivity index (χ0n) is 34.6. The van der Waals surface area contributed by atoms with E-state index in [1.54, 1.807) is 0 Å². The molecule has 0 N–H and O–H groups in total. The Morgan fingerprint density at radius 2 is 0.746 bits per heavy atom. The smallest absolute Gasteiger partial charge is 0.179 e. The molecule has 63 heavy (non-hydrogen) atoms. The van der Waals surface area contributed by atoms with Gasteiger partial charge in [0.1, 0.15) is 0 Å². The van der Waals surface area contributed by atoms with E-state index < -0.39 is 8.07 Å². The third-order valence-electron chi connectivity index (χ3n) is 13.1. The molecule has 0 aliphatic carbocycles. The predicted molar refractivity (Wildman–Crippen MR) is 270 cm³/mol. The summed E-state index contributed by atoms with van der Waals surface area (Å²) >= 11 is 0. The number of hydrogen-bond donors (Lipinski definition) is 0. The molecule has 0 fully saturated rings. The minimum atomic E-state index is -2.77. The summed E-state index contributed by atoms with van der Waals surface area (Å²) in [7, 11) is -2.77. The molecule has 0 amide bonds. The highest BCUT2D eigenvalue weighted by Gasteiger charge is 2.41. The Bertz CT molecular complexity index is 3500. The molecule has 12 rings (SSSR count). The molecule has 3 heteroatoms. The van der Waals surface area contributed by atoms with Gasteiger partial charge in [0, 0.05) is 27.2 Å². The van der Waals surface area contributed by atoms with Crippen LogP contribution in [-0.4, -0.2) is 17.2 Å². The molecule has 12 aromatic rings. The summed E-state index contributed by atoms with van der Waals surface area (Å²) in [5.74, 6) is 0. The second-order valence-corrected chi connectivity index (χ2v) is 20.3. The molecule has 0 unspecified atom stereocenters. The van der Waals surface area contributed by atoms with Crippen LogP contribution in [-0.2, 0) is 0 Å². The summed E-state index contributed by atoms with van der Waals surface area (Å²) in [6.45, 7) is 0. The maximum absolute atomic E-state index is 2.77. The lowest BCUT2D eigenvalue weighted by molar-refractivity contribution is 1.13. The van der Waals surface area contributed by atoms with Gasteiger partial charge in [-0.2, -0.15) is 0 Å². The van der Waals surface area contributed by atoms with E-state index in [1.165, 1.54) is 86.6 Å². The molecule has 0 bridgehead atoms. The zero-order chi connectivity index (χ0) is 41.7. The van der Waals surface area contributed by atoms with E-state index in [-0.39, 0.29) is 0 Å². The van der Waals surface area contributed by atoms with E-state index in [4.69, 9.17) is 0 Å². The number of nitrogens with zero attached hydrogens (tertiary/aromatic N) is 2. The van der Waals surface area contributed by atoms with Crippen molar-refractivity contribution in [2.45, 2.75) is 0 Å². The molecular formula is C60H42N2Si. The Hall–Kier alpha value is -7.98. The molecule has 0 spiro atoms. The minimum absolute atomic E-state index is 1.13. The number of hydrogen-bond acceptors (Lipinski definition) is 0. The van der Waals surface area contributed by atoms with Crippen LogP contribution in [0.3, 0.4) is 0 Å². The van der Waals surface area contributed by atoms with Gasteiger partial charge in [0.2, 0.25) is 0 Å². The standard InChI is InChI=1S/C60H42N2Si/c1-6-20-43(21-7-1)45-24-18-25-47(40-45)61-59-41-46(44-22-8-2-9-23-44)36-38-53(59)54-33-19-35-58(60(54)61)62-56-34-17-16-32-52(56)55-42-51(37-39-57(55)62)63(48-26-10-3-11-27-48,49-28-12-4-13-29-49)50-30-14-5-15-31-50/h1-42H. The van der Waals surface area contributed by atoms with Crippen LogP contribution in [0, 0.1) is 0 Å². The van der Waals surface area contributed by atoms with E-state index in [9.17, 15) is 0 Å². The van der Waals surface area contributed by atoms with Crippen LogP contribution in [0.1, 0.15) is 0 Å². The van der Waals surface area contributed by atoms with Crippen molar-refractivity contribution in [2.75, 3.05) is 0 Å². The normalized spacial score (nSPS) is 11.8. The van der Waals surface area contributed by atoms with Gasteiger partial charge in [0.15, 0.2) is 8.07 Å². The number of benzene rings is 10. The molecule has 0 saturated heterocycles. The van der Waals surface area contributed by atoms with Crippen LogP contribution in [0.15, 0.2) is 255 Å². The first kappa shape index (κ1) is 36.8. The lowest BCUT2D eigenvalue weighted by atomic mass is 10.0. The molecule has 0 radical (unpaired) electrons. The first-order valence-electron chi connectivity index (χ1n) is 21.8. The van der Waals surface area contributed by atoms with Crippen molar-refractivity contribution in [3.8, 4) is 33.6 Å². The topological polar surface area (TPSA) is 9.86 Å². The summed E-state index contributed by atoms with van der Waals surface area (Å²) in [5, 5.41) is 10.4. The van der Waals surface area contributed by atoms with Gasteiger partial charge in [0.25, 0.3) is 0 Å². The Kier molecular flexibility index (Phi) is 8.87. The molecule has 0 aliphatic rings. The zero-order valence-corrected chi connectivity index (χ0v) is 35.6. The van der Waals surface area contributed by atoms with E-state index in [0.29, 0.717) is 0 Å². The maximum Gasteiger partial charge on any atom is 0.179 e. The summed E-state index contributed by atoms with van der Waals surface area (Å²) in [4.78, 5) is 0. The highest BCUT2D eigenvalue weighted by Crippen LogP contribution is 2.41. The van der Waals surface area contributed by atoms with E-state index in [1.807, 2.05) is 0 Å². The van der Waals surface area contributed by atoms with Crippen molar-refractivity contribution in [1.29, 1.82) is 0 Å². The van der Waals surface area contributed by atoms with Crippen LogP contribution in [0.2, 0.25) is 0 Å². The lowest BCUT2D eigenvalue weighted by Crippen LogP contribution is -2.74. The Balaban J connectivity index is 1.16. The van der Waals surface area contributed by atoms with Gasteiger partial charge in [-0.3, -0.25) is 0 Å². The summed E-state index contributed by atoms with van der Waals surface area (Å²) in [6.07, 6.45) is 0. The van der Waals surface area contributed by atoms with Crippen molar-refractivity contribution < 1.29 is 0 Å². The second-order valence-electron chi connectivity index (χ2n) is 16.5. The van der Waals surface area contributed by atoms with Crippen LogP contribution in [0.25, 0.3) is 77.2 Å². The quantitative estimate of drug-likeness (QED) is 0.107. The highest BCUT2D eigenvalue weighted by molar-refractivity contribution is 7.20. The molecule has 2 aromatic heterocycles. The Labute approximate surface area is 368 Å². The number of rotatable bonds is 8. The predicted octanol–water partition coefficient (Wildman–Crippen LogP) is 12.6. The van der Waals surface area contributed by atoms with E-state index >= 15 is 0 Å². The fraction of sp³-hybridized carbons (Fsp3) is 0. The first-order chi connectivity index (χ1) is 31.3. The van der Waals surface area contributed by atoms with Crippen molar-refractivity contribution in [2.24, 2.45) is 0 Å². The number of fused-ring (bicyclic) bond motifs is 6. The van der Waals surface area contributed by atoms with Crippen LogP contribution in [0.4, 0.5) is 0 Å². The van der Waals surface area contributed by atoms with Crippen molar-refractivity contribution >= 4 is 72.4 Å². The van der Waals surface area contributed by atoms with Gasteiger partial charge in [-0.1, -0.05) is 218 Å². The molecule has 2 nitrogen and oxygen atoms in total. The van der Waals surface area contributed by atoms with Crippen LogP contribution < -0.4 is 20.7 Å². The first-order valence-corrected chi connectivity index (χ1v) is 23.8. The van der Waals surface area contributed by atoms with Gasteiger partial charge in [-0.15, -0.1) is 0 Å². The lowest BCUT2D eigenvalue weighted by Gasteiger charge is -2.34. The van der Waals surface area contributed by atoms with E-state index in [2.05, 4.69) is 264 Å². The van der Waals surface area contributed by atoms with Crippen molar-refractivity contribution in [1.82, 2.24) is 9.13 Å². The second kappa shape index (κ2) is 15.2. The molecule has 10 aromatic carbocycles. The summed E-state index contributed by atoms with van der Waals surface area (Å²) < 4.78 is 5.02. The van der Waals surface area contributed by atoms with Gasteiger partial charge in [-0.25, -0.2) is 0 Å². The third kappa shape index (κ3) is 5.93. The van der Waals surface area contributed by atoms with Gasteiger partial charge < -0.3 is 9.13 Å². The molecule has 0 atom stereocenters. The SMILES string of the molecule is c1ccc(-c2cccc(-n3c4cc(-c5ccccc5)ccc4c4cccc(-n5c6ccccc6c6cc([Si](c7ccccc7)(c7ccccc7)c7ccccc7)ccc65)c43)c2)cc1. The molecular weight excluding hydrogens is 777 g/mol. The number of aromatic nitrogens is 2. The van der Waals surface area contributed by atoms with Crippen LogP contribution in [0.5, 0.6) is 0 Å². The highest BCUT2D eigenvalue weighted by atomic mass is 28.3. The average molecular weight is 819 g/mol. The van der Waals surface area contributed by atoms with Crippen molar-refractivity contribution in [3.05, 3.63) is 255 Å². The molecule has 2 heterocycles. The van der Waals surface area contributed by atoms with Crippen molar-refractivity contribution in [3.63, 3.8) is 0 Å². The van der Waals surface area contributed by atoms with Crippen LogP contribution >= 0.6 is 0 Å². The summed E-state index contributed by atoms with van der Waals surface area (Å²) in [6, 6.07) is 94.3. The monoisotopic (exact) mass is 818 g/mol. The van der Waals surface area contributed by atoms with Gasteiger partial charge in [-0.05, 0) is 79.4 Å². The third-order valence-corrected chi connectivity index (χ3v) is 17.8. The van der Waals surface area contributed by atoms with Gasteiger partial charge >= 0.3 is 0 Å².